The van der Waals surface area contributed by atoms with Crippen LogP contribution in [0.3, 0.4) is 0 Å². The number of carbonyl (C=O) groups is 1. The van der Waals surface area contributed by atoms with Gasteiger partial charge in [-0.2, -0.15) is 5.10 Å². The first-order valence-corrected chi connectivity index (χ1v) is 9.99. The molecule has 0 saturated heterocycles. The van der Waals surface area contributed by atoms with Gasteiger partial charge in [0.25, 0.3) is 5.91 Å². The van der Waals surface area contributed by atoms with Gasteiger partial charge in [-0.05, 0) is 79.3 Å². The van der Waals surface area contributed by atoms with E-state index < -0.39 is 0 Å². The Morgan fingerprint density at radius 3 is 2.68 bits per heavy atom. The third-order valence-corrected chi connectivity index (χ3v) is 5.21. The Morgan fingerprint density at radius 1 is 1.14 bits per heavy atom. The molecule has 0 aliphatic rings. The first kappa shape index (κ1) is 20.1. The summed E-state index contributed by atoms with van der Waals surface area (Å²) in [5.41, 5.74) is 7.98. The van der Waals surface area contributed by atoms with Crippen molar-refractivity contribution >= 4 is 34.7 Å². The Balaban J connectivity index is 1.64. The van der Waals surface area contributed by atoms with E-state index in [0.717, 1.165) is 26.2 Å². The standard InChI is InChI=1S/C22H22IN3O2/c1-15-7-6-8-19(11-15)26-16(2)12-18(17(26)3)13-24-25-22(27)14-28-21-10-5-4-9-20(21)23/h4-13H,14H2,1-3H3,(H,25,27)/b24-13+. The molecule has 3 aromatic rings. The maximum Gasteiger partial charge on any atom is 0.277 e. The highest BCUT2D eigenvalue weighted by atomic mass is 127. The lowest BCUT2D eigenvalue weighted by molar-refractivity contribution is -0.123. The van der Waals surface area contributed by atoms with Crippen LogP contribution < -0.4 is 10.2 Å². The van der Waals surface area contributed by atoms with Crippen LogP contribution in [0.4, 0.5) is 0 Å². The predicted molar refractivity (Wildman–Crippen MR) is 120 cm³/mol. The molecular formula is C22H22IN3O2. The van der Waals surface area contributed by atoms with Crippen LogP contribution in [0.25, 0.3) is 5.69 Å². The quantitative estimate of drug-likeness (QED) is 0.316. The number of carbonyl (C=O) groups excluding carboxylic acids is 1. The fourth-order valence-corrected chi connectivity index (χ4v) is 3.54. The molecule has 0 aliphatic heterocycles. The van der Waals surface area contributed by atoms with Crippen molar-refractivity contribution in [1.82, 2.24) is 9.99 Å². The van der Waals surface area contributed by atoms with E-state index in [9.17, 15) is 4.79 Å². The fourth-order valence-electron chi connectivity index (χ4n) is 2.99. The Hall–Kier alpha value is -2.61. The van der Waals surface area contributed by atoms with Gasteiger partial charge >= 0.3 is 0 Å². The van der Waals surface area contributed by atoms with Gasteiger partial charge in [-0.25, -0.2) is 5.43 Å². The molecule has 2 aromatic carbocycles. The van der Waals surface area contributed by atoms with E-state index >= 15 is 0 Å². The largest absolute Gasteiger partial charge is 0.483 e. The van der Waals surface area contributed by atoms with Crippen LogP contribution in [0.15, 0.2) is 59.7 Å². The van der Waals surface area contributed by atoms with Gasteiger partial charge in [0.1, 0.15) is 5.75 Å². The first-order chi connectivity index (χ1) is 13.5. The second kappa shape index (κ2) is 9.05. The van der Waals surface area contributed by atoms with E-state index in [1.807, 2.05) is 37.3 Å². The van der Waals surface area contributed by atoms with Crippen molar-refractivity contribution < 1.29 is 9.53 Å². The summed E-state index contributed by atoms with van der Waals surface area (Å²) in [6.07, 6.45) is 1.67. The predicted octanol–water partition coefficient (Wildman–Crippen LogP) is 4.54. The third kappa shape index (κ3) is 4.81. The number of benzene rings is 2. The number of rotatable bonds is 6. The summed E-state index contributed by atoms with van der Waals surface area (Å²) >= 11 is 2.17. The SMILES string of the molecule is Cc1cccc(-n2c(C)cc(/C=N/NC(=O)COc3ccccc3I)c2C)c1. The molecule has 3 rings (SSSR count). The number of hydrogen-bond donors (Lipinski definition) is 1. The minimum absolute atomic E-state index is 0.0837. The van der Waals surface area contributed by atoms with Crippen molar-refractivity contribution in [3.05, 3.63) is 80.7 Å². The number of halogens is 1. The molecule has 144 valence electrons. The summed E-state index contributed by atoms with van der Waals surface area (Å²) in [7, 11) is 0. The van der Waals surface area contributed by atoms with Gasteiger partial charge in [-0.3, -0.25) is 4.79 Å². The van der Waals surface area contributed by atoms with Gasteiger partial charge in [0.05, 0.1) is 9.78 Å². The van der Waals surface area contributed by atoms with Crippen molar-refractivity contribution in [2.45, 2.75) is 20.8 Å². The van der Waals surface area contributed by atoms with Crippen LogP contribution in [0.2, 0.25) is 0 Å². The van der Waals surface area contributed by atoms with E-state index in [-0.39, 0.29) is 12.5 Å². The Labute approximate surface area is 178 Å². The number of hydrazone groups is 1. The molecule has 5 nitrogen and oxygen atoms in total. The van der Waals surface area contributed by atoms with E-state index in [4.69, 9.17) is 4.74 Å². The normalized spacial score (nSPS) is 11.0. The van der Waals surface area contributed by atoms with Crippen LogP contribution >= 0.6 is 22.6 Å². The van der Waals surface area contributed by atoms with Crippen molar-refractivity contribution in [2.75, 3.05) is 6.61 Å². The molecule has 28 heavy (non-hydrogen) atoms. The number of aryl methyl sites for hydroxylation is 2. The number of nitrogens with zero attached hydrogens (tertiary/aromatic N) is 2. The number of ether oxygens (including phenoxy) is 1. The zero-order valence-electron chi connectivity index (χ0n) is 16.1. The molecule has 0 aliphatic carbocycles. The van der Waals surface area contributed by atoms with Crippen molar-refractivity contribution in [1.29, 1.82) is 0 Å². The fraction of sp³-hybridized carbons (Fsp3) is 0.182. The summed E-state index contributed by atoms with van der Waals surface area (Å²) < 4.78 is 8.66. The Morgan fingerprint density at radius 2 is 1.93 bits per heavy atom. The van der Waals surface area contributed by atoms with Crippen LogP contribution in [-0.4, -0.2) is 23.3 Å². The molecule has 1 heterocycles. The molecule has 0 saturated carbocycles. The van der Waals surface area contributed by atoms with Gasteiger partial charge in [0.2, 0.25) is 0 Å². The Bertz CT molecular complexity index is 1020. The lowest BCUT2D eigenvalue weighted by atomic mass is 10.2. The second-order valence-electron chi connectivity index (χ2n) is 6.51. The molecule has 0 fully saturated rings. The van der Waals surface area contributed by atoms with Crippen LogP contribution in [-0.2, 0) is 4.79 Å². The summed E-state index contributed by atoms with van der Waals surface area (Å²) in [6.45, 7) is 6.09. The summed E-state index contributed by atoms with van der Waals surface area (Å²) in [6, 6.07) is 18.0. The van der Waals surface area contributed by atoms with Crippen LogP contribution in [0, 0.1) is 24.3 Å². The van der Waals surface area contributed by atoms with Crippen molar-refractivity contribution in [2.24, 2.45) is 5.10 Å². The number of aromatic nitrogens is 1. The zero-order chi connectivity index (χ0) is 20.1. The van der Waals surface area contributed by atoms with Crippen molar-refractivity contribution in [3.8, 4) is 11.4 Å². The minimum Gasteiger partial charge on any atom is -0.483 e. The molecule has 0 radical (unpaired) electrons. The molecular weight excluding hydrogens is 465 g/mol. The van der Waals surface area contributed by atoms with Gasteiger partial charge in [0, 0.05) is 22.6 Å². The highest BCUT2D eigenvalue weighted by Gasteiger charge is 2.10. The lowest BCUT2D eigenvalue weighted by Crippen LogP contribution is -2.24. The second-order valence-corrected chi connectivity index (χ2v) is 7.68. The van der Waals surface area contributed by atoms with Gasteiger partial charge in [-0.15, -0.1) is 0 Å². The van der Waals surface area contributed by atoms with Gasteiger partial charge in [-0.1, -0.05) is 24.3 Å². The zero-order valence-corrected chi connectivity index (χ0v) is 18.2. The summed E-state index contributed by atoms with van der Waals surface area (Å²) in [5.74, 6) is 0.382. The smallest absolute Gasteiger partial charge is 0.277 e. The summed E-state index contributed by atoms with van der Waals surface area (Å²) in [4.78, 5) is 12.0. The molecule has 6 heteroatoms. The molecule has 1 N–H and O–H groups in total. The van der Waals surface area contributed by atoms with Crippen LogP contribution in [0.1, 0.15) is 22.5 Å². The van der Waals surface area contributed by atoms with E-state index in [2.05, 4.69) is 75.8 Å². The van der Waals surface area contributed by atoms with E-state index in [1.54, 1.807) is 6.21 Å². The average molecular weight is 487 g/mol. The van der Waals surface area contributed by atoms with E-state index in [0.29, 0.717) is 5.75 Å². The molecule has 0 unspecified atom stereocenters. The monoisotopic (exact) mass is 487 g/mol. The first-order valence-electron chi connectivity index (χ1n) is 8.91. The maximum absolute atomic E-state index is 12.0. The Kier molecular flexibility index (Phi) is 6.51. The molecule has 0 atom stereocenters. The van der Waals surface area contributed by atoms with E-state index in [1.165, 1.54) is 5.56 Å². The lowest BCUT2D eigenvalue weighted by Gasteiger charge is -2.10. The van der Waals surface area contributed by atoms with Crippen LogP contribution in [0.5, 0.6) is 5.75 Å². The number of para-hydroxylation sites is 1. The summed E-state index contributed by atoms with van der Waals surface area (Å²) in [5, 5.41) is 4.08. The third-order valence-electron chi connectivity index (χ3n) is 4.32. The maximum atomic E-state index is 12.0. The molecule has 1 amide bonds. The highest BCUT2D eigenvalue weighted by Crippen LogP contribution is 2.21. The molecule has 1 aromatic heterocycles. The molecule has 0 bridgehead atoms. The molecule has 0 spiro atoms. The number of amides is 1. The minimum atomic E-state index is -0.302. The topological polar surface area (TPSA) is 55.6 Å². The van der Waals surface area contributed by atoms with Gasteiger partial charge in [0.15, 0.2) is 6.61 Å². The average Bonchev–Trinajstić information content (AvgIpc) is 2.94. The van der Waals surface area contributed by atoms with Gasteiger partial charge < -0.3 is 9.30 Å². The number of hydrogen-bond acceptors (Lipinski definition) is 3. The highest BCUT2D eigenvalue weighted by molar-refractivity contribution is 14.1. The number of nitrogens with one attached hydrogen (secondary N) is 1. The van der Waals surface area contributed by atoms with Crippen molar-refractivity contribution in [3.63, 3.8) is 0 Å².